The molecule has 1 aliphatic rings. The van der Waals surface area contributed by atoms with E-state index in [1.165, 1.54) is 0 Å². The highest BCUT2D eigenvalue weighted by atomic mass is 32.2. The van der Waals surface area contributed by atoms with Crippen LogP contribution < -0.4 is 5.14 Å². The van der Waals surface area contributed by atoms with Crippen LogP contribution in [0.1, 0.15) is 0 Å². The standard InChI is InChI=1S/C3H5NO4S/c4-9(5,6)3-1-7-2-8-3/h1H,2H2,(H2,4,5,6). The Labute approximate surface area is 52.1 Å². The van der Waals surface area contributed by atoms with Gasteiger partial charge in [-0.25, -0.2) is 13.6 Å². The van der Waals surface area contributed by atoms with Gasteiger partial charge in [0.25, 0.3) is 15.1 Å². The first kappa shape index (κ1) is 6.37. The minimum Gasteiger partial charge on any atom is -0.460 e. The van der Waals surface area contributed by atoms with Crippen LogP contribution in [0.5, 0.6) is 0 Å². The van der Waals surface area contributed by atoms with Gasteiger partial charge >= 0.3 is 0 Å². The molecule has 0 saturated carbocycles. The van der Waals surface area contributed by atoms with Crippen LogP contribution in [0.25, 0.3) is 0 Å². The molecule has 1 aliphatic heterocycles. The van der Waals surface area contributed by atoms with Gasteiger partial charge in [-0.05, 0) is 0 Å². The summed E-state index contributed by atoms with van der Waals surface area (Å²) in [5.74, 6) is 0. The fourth-order valence-electron chi connectivity index (χ4n) is 0.377. The molecule has 6 heteroatoms. The highest BCUT2D eigenvalue weighted by Gasteiger charge is 2.17. The third-order valence-electron chi connectivity index (χ3n) is 0.729. The maximum absolute atomic E-state index is 10.3. The molecule has 0 atom stereocenters. The van der Waals surface area contributed by atoms with Crippen molar-refractivity contribution in [3.63, 3.8) is 0 Å². The molecule has 5 nitrogen and oxygen atoms in total. The summed E-state index contributed by atoms with van der Waals surface area (Å²) in [7, 11) is -3.69. The molecule has 0 saturated heterocycles. The van der Waals surface area contributed by atoms with E-state index in [2.05, 4.69) is 14.6 Å². The van der Waals surface area contributed by atoms with Gasteiger partial charge in [0, 0.05) is 0 Å². The number of rotatable bonds is 1. The summed E-state index contributed by atoms with van der Waals surface area (Å²) in [5, 5.41) is 4.32. The molecule has 0 amide bonds. The first-order chi connectivity index (χ1) is 4.11. The smallest absolute Gasteiger partial charge is 0.274 e. The Morgan fingerprint density at radius 3 is 2.56 bits per heavy atom. The SMILES string of the molecule is NS(=O)(=O)C1=COCO1. The van der Waals surface area contributed by atoms with E-state index in [0.717, 1.165) is 6.26 Å². The van der Waals surface area contributed by atoms with Gasteiger partial charge < -0.3 is 9.47 Å². The minimum absolute atomic E-state index is 0.0776. The van der Waals surface area contributed by atoms with Crippen molar-refractivity contribution in [1.29, 1.82) is 0 Å². The van der Waals surface area contributed by atoms with E-state index in [9.17, 15) is 8.42 Å². The van der Waals surface area contributed by atoms with Crippen LogP contribution in [-0.4, -0.2) is 15.2 Å². The Balaban J connectivity index is 2.87. The molecule has 0 spiro atoms. The van der Waals surface area contributed by atoms with Crippen molar-refractivity contribution in [1.82, 2.24) is 0 Å². The first-order valence-corrected chi connectivity index (χ1v) is 3.63. The topological polar surface area (TPSA) is 78.6 Å². The lowest BCUT2D eigenvalue weighted by Crippen LogP contribution is -2.14. The quantitative estimate of drug-likeness (QED) is 0.525. The molecule has 1 heterocycles. The summed E-state index contributed by atoms with van der Waals surface area (Å²) in [5.41, 5.74) is 0. The van der Waals surface area contributed by atoms with E-state index < -0.39 is 10.0 Å². The Hall–Kier alpha value is -0.750. The van der Waals surface area contributed by atoms with Gasteiger partial charge in [-0.3, -0.25) is 0 Å². The summed E-state index contributed by atoms with van der Waals surface area (Å²) in [4.78, 5) is 0. The van der Waals surface area contributed by atoms with Crippen molar-refractivity contribution in [2.45, 2.75) is 0 Å². The van der Waals surface area contributed by atoms with Gasteiger partial charge in [0.1, 0.15) is 6.26 Å². The Morgan fingerprint density at radius 1 is 1.67 bits per heavy atom. The van der Waals surface area contributed by atoms with E-state index in [-0.39, 0.29) is 11.9 Å². The lowest BCUT2D eigenvalue weighted by atomic mass is 11.1. The molecule has 1 rings (SSSR count). The second-order valence-corrected chi connectivity index (χ2v) is 2.90. The molecule has 0 aliphatic carbocycles. The number of hydrogen-bond donors (Lipinski definition) is 1. The lowest BCUT2D eigenvalue weighted by molar-refractivity contribution is 0.0876. The molecular formula is C3H5NO4S. The second kappa shape index (κ2) is 1.89. The van der Waals surface area contributed by atoms with Crippen LogP contribution in [0.15, 0.2) is 11.4 Å². The normalized spacial score (nSPS) is 18.1. The summed E-state index contributed by atoms with van der Waals surface area (Å²) >= 11 is 0. The molecule has 0 aromatic carbocycles. The highest BCUT2D eigenvalue weighted by molar-refractivity contribution is 7.92. The van der Waals surface area contributed by atoms with Crippen LogP contribution in [-0.2, 0) is 19.5 Å². The van der Waals surface area contributed by atoms with E-state index in [1.54, 1.807) is 0 Å². The van der Waals surface area contributed by atoms with Gasteiger partial charge in [0.2, 0.25) is 6.79 Å². The molecule has 2 N–H and O–H groups in total. The van der Waals surface area contributed by atoms with Crippen LogP contribution >= 0.6 is 0 Å². The van der Waals surface area contributed by atoms with Crippen molar-refractivity contribution < 1.29 is 17.9 Å². The van der Waals surface area contributed by atoms with Crippen molar-refractivity contribution in [2.75, 3.05) is 6.79 Å². The van der Waals surface area contributed by atoms with Crippen molar-refractivity contribution in [2.24, 2.45) is 5.14 Å². The van der Waals surface area contributed by atoms with Crippen LogP contribution in [0.3, 0.4) is 0 Å². The number of primary sulfonamides is 1. The number of ether oxygens (including phenoxy) is 2. The van der Waals surface area contributed by atoms with Gasteiger partial charge in [-0.2, -0.15) is 0 Å². The molecule has 0 fully saturated rings. The minimum atomic E-state index is -3.69. The summed E-state index contributed by atoms with van der Waals surface area (Å²) in [6, 6.07) is 0. The zero-order valence-corrected chi connectivity index (χ0v) is 5.22. The third-order valence-corrected chi connectivity index (χ3v) is 1.50. The first-order valence-electron chi connectivity index (χ1n) is 2.08. The summed E-state index contributed by atoms with van der Waals surface area (Å²) < 4.78 is 29.6. The Bertz CT molecular complexity index is 228. The zero-order valence-electron chi connectivity index (χ0n) is 4.40. The summed E-state index contributed by atoms with van der Waals surface area (Å²) in [6.45, 7) is -0.0776. The fourth-order valence-corrected chi connectivity index (χ4v) is 0.792. The molecular weight excluding hydrogens is 146 g/mol. The van der Waals surface area contributed by atoms with Crippen LogP contribution in [0.2, 0.25) is 0 Å². The molecule has 0 bridgehead atoms. The zero-order chi connectivity index (χ0) is 6.91. The number of hydrogen-bond acceptors (Lipinski definition) is 4. The molecule has 0 unspecified atom stereocenters. The fraction of sp³-hybridized carbons (Fsp3) is 0.333. The average Bonchev–Trinajstić information content (AvgIpc) is 2.08. The molecule has 52 valence electrons. The van der Waals surface area contributed by atoms with Crippen LogP contribution in [0.4, 0.5) is 0 Å². The van der Waals surface area contributed by atoms with E-state index in [4.69, 9.17) is 0 Å². The van der Waals surface area contributed by atoms with Crippen LogP contribution in [0, 0.1) is 0 Å². The van der Waals surface area contributed by atoms with Crippen molar-refractivity contribution in [3.05, 3.63) is 11.4 Å². The number of nitrogens with two attached hydrogens (primary N) is 1. The van der Waals surface area contributed by atoms with Gasteiger partial charge in [0.15, 0.2) is 0 Å². The second-order valence-electron chi connectivity index (χ2n) is 1.41. The highest BCUT2D eigenvalue weighted by Crippen LogP contribution is 2.09. The van der Waals surface area contributed by atoms with Gasteiger partial charge in [-0.15, -0.1) is 0 Å². The third kappa shape index (κ3) is 1.33. The monoisotopic (exact) mass is 151 g/mol. The molecule has 0 aromatic rings. The number of sulfonamides is 1. The lowest BCUT2D eigenvalue weighted by Gasteiger charge is -1.93. The van der Waals surface area contributed by atoms with Crippen molar-refractivity contribution in [3.8, 4) is 0 Å². The summed E-state index contributed by atoms with van der Waals surface area (Å²) in [6.07, 6.45) is 0.968. The Kier molecular flexibility index (Phi) is 1.34. The van der Waals surface area contributed by atoms with Crippen molar-refractivity contribution >= 4 is 10.0 Å². The maximum atomic E-state index is 10.3. The van der Waals surface area contributed by atoms with Gasteiger partial charge in [-0.1, -0.05) is 0 Å². The predicted octanol–water partition coefficient (Wildman–Crippen LogP) is -0.922. The maximum Gasteiger partial charge on any atom is 0.274 e. The largest absolute Gasteiger partial charge is 0.460 e. The average molecular weight is 151 g/mol. The molecule has 9 heavy (non-hydrogen) atoms. The van der Waals surface area contributed by atoms with E-state index in [1.807, 2.05) is 0 Å². The van der Waals surface area contributed by atoms with E-state index in [0.29, 0.717) is 0 Å². The van der Waals surface area contributed by atoms with E-state index >= 15 is 0 Å². The van der Waals surface area contributed by atoms with Gasteiger partial charge in [0.05, 0.1) is 0 Å². The Morgan fingerprint density at radius 2 is 2.33 bits per heavy atom. The molecule has 0 aromatic heterocycles. The predicted molar refractivity (Wildman–Crippen MR) is 28.2 cm³/mol. The molecule has 0 radical (unpaired) electrons.